The van der Waals surface area contributed by atoms with Crippen LogP contribution < -0.4 is 5.43 Å². The summed E-state index contributed by atoms with van der Waals surface area (Å²) in [6.45, 7) is 0. The molecule has 150 valence electrons. The molecule has 0 unspecified atom stereocenters. The van der Waals surface area contributed by atoms with Gasteiger partial charge in [0.15, 0.2) is 0 Å². The van der Waals surface area contributed by atoms with Crippen molar-refractivity contribution in [3.05, 3.63) is 108 Å². The zero-order valence-electron chi connectivity index (χ0n) is 16.4. The number of nitrogens with zero attached hydrogens (tertiary/aromatic N) is 2. The second-order valence-electron chi connectivity index (χ2n) is 7.16. The number of halogens is 2. The van der Waals surface area contributed by atoms with Crippen molar-refractivity contribution in [1.82, 2.24) is 4.98 Å². The van der Waals surface area contributed by atoms with Crippen molar-refractivity contribution in [2.75, 3.05) is 5.43 Å². The maximum atomic E-state index is 13.4. The van der Waals surface area contributed by atoms with Crippen molar-refractivity contribution in [3.8, 4) is 11.3 Å². The number of benzene rings is 4. The Labute approximate surface area is 177 Å². The van der Waals surface area contributed by atoms with Crippen molar-refractivity contribution in [2.45, 2.75) is 0 Å². The van der Waals surface area contributed by atoms with E-state index in [2.05, 4.69) is 16.6 Å². The van der Waals surface area contributed by atoms with Crippen LogP contribution in [0.1, 0.15) is 5.56 Å². The minimum Gasteiger partial charge on any atom is -0.279 e. The minimum absolute atomic E-state index is 0.291. The molecule has 0 spiro atoms. The van der Waals surface area contributed by atoms with Crippen molar-refractivity contribution in [3.63, 3.8) is 0 Å². The fourth-order valence-electron chi connectivity index (χ4n) is 3.56. The van der Waals surface area contributed by atoms with E-state index in [4.69, 9.17) is 4.98 Å². The molecule has 1 N–H and O–H groups in total. The molecule has 0 aliphatic heterocycles. The topological polar surface area (TPSA) is 37.3 Å². The van der Waals surface area contributed by atoms with Gasteiger partial charge in [0.05, 0.1) is 23.1 Å². The Bertz CT molecular complexity index is 1410. The number of hydrazone groups is 1. The second-order valence-corrected chi connectivity index (χ2v) is 7.16. The van der Waals surface area contributed by atoms with Crippen molar-refractivity contribution < 1.29 is 8.78 Å². The van der Waals surface area contributed by atoms with Crippen molar-refractivity contribution in [2.24, 2.45) is 5.10 Å². The van der Waals surface area contributed by atoms with Crippen molar-refractivity contribution in [1.29, 1.82) is 0 Å². The zero-order chi connectivity index (χ0) is 21.2. The summed E-state index contributed by atoms with van der Waals surface area (Å²) in [6, 6.07) is 26.3. The highest BCUT2D eigenvalue weighted by Gasteiger charge is 2.10. The third-order valence-corrected chi connectivity index (χ3v) is 5.12. The average Bonchev–Trinajstić information content (AvgIpc) is 2.80. The van der Waals surface area contributed by atoms with Gasteiger partial charge in [0.2, 0.25) is 0 Å². The van der Waals surface area contributed by atoms with Gasteiger partial charge in [-0.2, -0.15) is 5.10 Å². The smallest absolute Gasteiger partial charge is 0.123 e. The standard InChI is InChI=1S/C26H17F2N3/c27-20-8-5-18(6-9-20)25-15-19(16-29-31-22-12-10-21(28)11-13-22)24-14-7-17-3-1-2-4-23(17)26(24)30-25/h1-16,31H/b29-16+. The van der Waals surface area contributed by atoms with E-state index in [1.54, 1.807) is 30.5 Å². The highest BCUT2D eigenvalue weighted by atomic mass is 19.1. The van der Waals surface area contributed by atoms with Gasteiger partial charge in [0.25, 0.3) is 0 Å². The molecule has 0 aliphatic rings. The minimum atomic E-state index is -0.300. The van der Waals surface area contributed by atoms with Gasteiger partial charge in [0, 0.05) is 21.9 Å². The maximum absolute atomic E-state index is 13.4. The lowest BCUT2D eigenvalue weighted by atomic mass is 10.0. The average molecular weight is 409 g/mol. The molecule has 0 bridgehead atoms. The summed E-state index contributed by atoms with van der Waals surface area (Å²) in [5.41, 5.74) is 6.86. The summed E-state index contributed by atoms with van der Waals surface area (Å²) in [5.74, 6) is -0.592. The molecule has 1 heterocycles. The predicted octanol–water partition coefficient (Wildman–Crippen LogP) is 6.78. The SMILES string of the molecule is Fc1ccc(N/N=C/c2cc(-c3ccc(F)cc3)nc3c2ccc2ccccc23)cc1. The van der Waals surface area contributed by atoms with E-state index in [9.17, 15) is 8.78 Å². The van der Waals surface area contributed by atoms with Crippen LogP contribution in [0.2, 0.25) is 0 Å². The Kier molecular flexibility index (Phi) is 4.84. The van der Waals surface area contributed by atoms with Crippen LogP contribution in [0.5, 0.6) is 0 Å². The van der Waals surface area contributed by atoms with Gasteiger partial charge in [0.1, 0.15) is 11.6 Å². The number of pyridine rings is 1. The maximum Gasteiger partial charge on any atom is 0.123 e. The summed E-state index contributed by atoms with van der Waals surface area (Å²) < 4.78 is 26.5. The third-order valence-electron chi connectivity index (χ3n) is 5.12. The van der Waals surface area contributed by atoms with Crippen LogP contribution in [-0.4, -0.2) is 11.2 Å². The number of anilines is 1. The summed E-state index contributed by atoms with van der Waals surface area (Å²) in [7, 11) is 0. The zero-order valence-corrected chi connectivity index (χ0v) is 16.4. The normalized spacial score (nSPS) is 11.4. The molecule has 4 aromatic carbocycles. The molecule has 3 nitrogen and oxygen atoms in total. The van der Waals surface area contributed by atoms with Crippen molar-refractivity contribution >= 4 is 33.6 Å². The molecule has 0 saturated carbocycles. The molecule has 0 amide bonds. The molecular formula is C26H17F2N3. The van der Waals surface area contributed by atoms with Gasteiger partial charge < -0.3 is 0 Å². The van der Waals surface area contributed by atoms with Gasteiger partial charge in [-0.15, -0.1) is 0 Å². The largest absolute Gasteiger partial charge is 0.279 e. The number of nitrogens with one attached hydrogen (secondary N) is 1. The first-order chi connectivity index (χ1) is 15.2. The lowest BCUT2D eigenvalue weighted by molar-refractivity contribution is 0.627. The van der Waals surface area contributed by atoms with Crippen LogP contribution in [-0.2, 0) is 0 Å². The van der Waals surface area contributed by atoms with Gasteiger partial charge in [-0.3, -0.25) is 5.43 Å². The fraction of sp³-hybridized carbons (Fsp3) is 0. The van der Waals surface area contributed by atoms with Gasteiger partial charge in [-0.1, -0.05) is 36.4 Å². The van der Waals surface area contributed by atoms with Crippen LogP contribution in [0.3, 0.4) is 0 Å². The lowest BCUT2D eigenvalue weighted by Crippen LogP contribution is -1.95. The number of aromatic nitrogens is 1. The van der Waals surface area contributed by atoms with E-state index in [1.165, 1.54) is 24.3 Å². The van der Waals surface area contributed by atoms with Gasteiger partial charge >= 0.3 is 0 Å². The molecule has 5 heteroatoms. The summed E-state index contributed by atoms with van der Waals surface area (Å²) in [6.07, 6.45) is 1.72. The lowest BCUT2D eigenvalue weighted by Gasteiger charge is -2.10. The third kappa shape index (κ3) is 3.85. The van der Waals surface area contributed by atoms with Crippen LogP contribution in [0.15, 0.2) is 96.1 Å². The monoisotopic (exact) mass is 409 g/mol. The van der Waals surface area contributed by atoms with Crippen LogP contribution >= 0.6 is 0 Å². The molecule has 0 radical (unpaired) electrons. The molecule has 1 aromatic heterocycles. The second kappa shape index (κ2) is 7.95. The van der Waals surface area contributed by atoms with E-state index in [0.717, 1.165) is 38.5 Å². The number of fused-ring (bicyclic) bond motifs is 3. The van der Waals surface area contributed by atoms with Gasteiger partial charge in [-0.25, -0.2) is 13.8 Å². The van der Waals surface area contributed by atoms with E-state index >= 15 is 0 Å². The predicted molar refractivity (Wildman–Crippen MR) is 122 cm³/mol. The Hall–Kier alpha value is -4.12. The summed E-state index contributed by atoms with van der Waals surface area (Å²) in [5, 5.41) is 7.41. The highest BCUT2D eigenvalue weighted by Crippen LogP contribution is 2.29. The van der Waals surface area contributed by atoms with Crippen LogP contribution in [0, 0.1) is 11.6 Å². The number of rotatable bonds is 4. The first-order valence-corrected chi connectivity index (χ1v) is 9.80. The van der Waals surface area contributed by atoms with E-state index in [1.807, 2.05) is 36.4 Å². The van der Waals surface area contributed by atoms with E-state index in [-0.39, 0.29) is 11.6 Å². The highest BCUT2D eigenvalue weighted by molar-refractivity contribution is 6.11. The van der Waals surface area contributed by atoms with Gasteiger partial charge in [-0.05, 0) is 60.0 Å². The summed E-state index contributed by atoms with van der Waals surface area (Å²) >= 11 is 0. The Morgan fingerprint density at radius 3 is 2.23 bits per heavy atom. The molecule has 0 aliphatic carbocycles. The van der Waals surface area contributed by atoms with E-state index in [0.29, 0.717) is 5.69 Å². The first kappa shape index (κ1) is 18.9. The number of hydrogen-bond acceptors (Lipinski definition) is 3. The summed E-state index contributed by atoms with van der Waals surface area (Å²) in [4.78, 5) is 4.89. The van der Waals surface area contributed by atoms with E-state index < -0.39 is 0 Å². The fourth-order valence-corrected chi connectivity index (χ4v) is 3.56. The van der Waals surface area contributed by atoms with Crippen LogP contribution in [0.4, 0.5) is 14.5 Å². The molecule has 0 fully saturated rings. The Balaban J connectivity index is 1.64. The molecule has 31 heavy (non-hydrogen) atoms. The number of hydrogen-bond donors (Lipinski definition) is 1. The van der Waals surface area contributed by atoms with Crippen LogP contribution in [0.25, 0.3) is 32.9 Å². The Morgan fingerprint density at radius 1 is 0.742 bits per heavy atom. The molecular weight excluding hydrogens is 392 g/mol. The first-order valence-electron chi connectivity index (χ1n) is 9.80. The molecule has 0 atom stereocenters. The molecule has 0 saturated heterocycles. The quantitative estimate of drug-likeness (QED) is 0.202. The molecule has 5 rings (SSSR count). The Morgan fingerprint density at radius 2 is 1.45 bits per heavy atom. The molecule has 5 aromatic rings.